The van der Waals surface area contributed by atoms with Crippen LogP contribution in [0.15, 0.2) is 0 Å². The smallest absolute Gasteiger partial charge is 0.242 e. The van der Waals surface area contributed by atoms with E-state index in [1.807, 2.05) is 4.90 Å². The Bertz CT molecular complexity index is 340. The number of rotatable bonds is 2. The van der Waals surface area contributed by atoms with Gasteiger partial charge < -0.3 is 16.0 Å². The van der Waals surface area contributed by atoms with Gasteiger partial charge in [-0.3, -0.25) is 9.69 Å². The molecule has 0 radical (unpaired) electrons. The first-order chi connectivity index (χ1) is 9.69. The maximum absolute atomic E-state index is 12.6. The molecule has 1 saturated carbocycles. The fourth-order valence-corrected chi connectivity index (χ4v) is 4.02. The van der Waals surface area contributed by atoms with Crippen molar-refractivity contribution in [2.24, 2.45) is 5.73 Å². The van der Waals surface area contributed by atoms with Gasteiger partial charge in [-0.05, 0) is 25.7 Å². The third-order valence-electron chi connectivity index (χ3n) is 5.34. The molecule has 0 aromatic heterocycles. The first-order valence-corrected chi connectivity index (χ1v) is 8.22. The van der Waals surface area contributed by atoms with Gasteiger partial charge in [-0.25, -0.2) is 0 Å². The lowest BCUT2D eigenvalue weighted by Gasteiger charge is -2.42. The molecule has 2 aliphatic heterocycles. The van der Waals surface area contributed by atoms with Crippen molar-refractivity contribution in [3.63, 3.8) is 0 Å². The molecule has 2 heterocycles. The largest absolute Gasteiger partial charge is 0.341 e. The molecule has 1 amide bonds. The van der Waals surface area contributed by atoms with Crippen molar-refractivity contribution in [1.29, 1.82) is 0 Å². The highest BCUT2D eigenvalue weighted by Gasteiger charge is 2.41. The molecule has 0 bridgehead atoms. The van der Waals surface area contributed by atoms with Gasteiger partial charge in [0.15, 0.2) is 0 Å². The molecule has 20 heavy (non-hydrogen) atoms. The Labute approximate surface area is 121 Å². The van der Waals surface area contributed by atoms with Crippen LogP contribution in [0.5, 0.6) is 0 Å². The highest BCUT2D eigenvalue weighted by molar-refractivity contribution is 5.86. The second kappa shape index (κ2) is 6.00. The summed E-state index contributed by atoms with van der Waals surface area (Å²) in [5.41, 5.74) is 5.76. The summed E-state index contributed by atoms with van der Waals surface area (Å²) in [7, 11) is 0. The normalized spacial score (nSPS) is 28.8. The molecule has 0 spiro atoms. The molecule has 3 rings (SSSR count). The summed E-state index contributed by atoms with van der Waals surface area (Å²) in [6, 6.07) is 0.665. The van der Waals surface area contributed by atoms with Crippen molar-refractivity contribution in [3.8, 4) is 0 Å². The minimum atomic E-state index is -0.540. The van der Waals surface area contributed by atoms with Crippen molar-refractivity contribution < 1.29 is 4.79 Å². The Morgan fingerprint density at radius 2 is 1.65 bits per heavy atom. The first-order valence-electron chi connectivity index (χ1n) is 8.22. The van der Waals surface area contributed by atoms with Crippen LogP contribution in [-0.2, 0) is 4.79 Å². The number of nitrogens with two attached hydrogens (primary N) is 1. The second-order valence-electron chi connectivity index (χ2n) is 6.67. The molecule has 0 aromatic carbocycles. The van der Waals surface area contributed by atoms with Crippen LogP contribution in [-0.4, -0.2) is 66.6 Å². The van der Waals surface area contributed by atoms with Gasteiger partial charge in [0, 0.05) is 45.3 Å². The lowest BCUT2D eigenvalue weighted by Crippen LogP contribution is -2.58. The van der Waals surface area contributed by atoms with Crippen molar-refractivity contribution in [1.82, 2.24) is 15.1 Å². The maximum atomic E-state index is 12.6. The number of hydrogen-bond acceptors (Lipinski definition) is 4. The zero-order valence-corrected chi connectivity index (χ0v) is 12.4. The van der Waals surface area contributed by atoms with E-state index in [0.29, 0.717) is 6.04 Å². The van der Waals surface area contributed by atoms with Crippen molar-refractivity contribution >= 4 is 5.91 Å². The predicted octanol–water partition coefficient (Wildman–Crippen LogP) is 0.154. The fraction of sp³-hybridized carbons (Fsp3) is 0.933. The van der Waals surface area contributed by atoms with Gasteiger partial charge in [0.25, 0.3) is 0 Å². The van der Waals surface area contributed by atoms with Crippen LogP contribution in [0.2, 0.25) is 0 Å². The number of nitrogens with one attached hydrogen (secondary N) is 1. The average Bonchev–Trinajstić information content (AvgIpc) is 2.96. The zero-order chi connectivity index (χ0) is 14.0. The van der Waals surface area contributed by atoms with E-state index in [1.165, 1.54) is 0 Å². The number of carbonyl (C=O) groups excluding carboxylic acids is 1. The van der Waals surface area contributed by atoms with Gasteiger partial charge in [0.05, 0.1) is 5.54 Å². The Morgan fingerprint density at radius 3 is 2.25 bits per heavy atom. The standard InChI is InChI=1S/C15H28N4O/c16-15(5-1-2-6-15)14(20)19-9-3-13(4-10-19)18-11-7-17-8-12-18/h13,17H,1-12,16H2. The second-order valence-corrected chi connectivity index (χ2v) is 6.67. The summed E-state index contributed by atoms with van der Waals surface area (Å²) in [6.07, 6.45) is 6.20. The molecule has 0 atom stereocenters. The predicted molar refractivity (Wildman–Crippen MR) is 79.4 cm³/mol. The van der Waals surface area contributed by atoms with E-state index in [-0.39, 0.29) is 5.91 Å². The van der Waals surface area contributed by atoms with E-state index >= 15 is 0 Å². The molecule has 0 aromatic rings. The van der Waals surface area contributed by atoms with Crippen LogP contribution in [0.1, 0.15) is 38.5 Å². The molecule has 114 valence electrons. The molecule has 3 N–H and O–H groups in total. The molecule has 3 aliphatic rings. The van der Waals surface area contributed by atoms with Crippen LogP contribution < -0.4 is 11.1 Å². The zero-order valence-electron chi connectivity index (χ0n) is 12.4. The van der Waals surface area contributed by atoms with Crippen molar-refractivity contribution in [2.75, 3.05) is 39.3 Å². The van der Waals surface area contributed by atoms with Gasteiger partial charge in [0.2, 0.25) is 5.91 Å². The van der Waals surface area contributed by atoms with Crippen LogP contribution in [0.3, 0.4) is 0 Å². The molecular formula is C15H28N4O. The summed E-state index contributed by atoms with van der Waals surface area (Å²) < 4.78 is 0. The fourth-order valence-electron chi connectivity index (χ4n) is 4.02. The maximum Gasteiger partial charge on any atom is 0.242 e. The summed E-state index contributed by atoms with van der Waals surface area (Å²) in [5, 5.41) is 3.40. The van der Waals surface area contributed by atoms with E-state index < -0.39 is 5.54 Å². The van der Waals surface area contributed by atoms with Gasteiger partial charge in [-0.1, -0.05) is 12.8 Å². The number of piperazine rings is 1. The van der Waals surface area contributed by atoms with E-state index in [2.05, 4.69) is 10.2 Å². The molecule has 5 heteroatoms. The number of nitrogens with zero attached hydrogens (tertiary/aromatic N) is 2. The molecule has 3 fully saturated rings. The molecule has 1 aliphatic carbocycles. The lowest BCUT2D eigenvalue weighted by atomic mass is 9.94. The third-order valence-corrected chi connectivity index (χ3v) is 5.34. The summed E-state index contributed by atoms with van der Waals surface area (Å²) in [6.45, 7) is 6.30. The van der Waals surface area contributed by atoms with E-state index in [0.717, 1.165) is 77.8 Å². The van der Waals surface area contributed by atoms with Gasteiger partial charge >= 0.3 is 0 Å². The van der Waals surface area contributed by atoms with Crippen LogP contribution in [0.25, 0.3) is 0 Å². The van der Waals surface area contributed by atoms with Gasteiger partial charge in [0.1, 0.15) is 0 Å². The minimum Gasteiger partial charge on any atom is -0.341 e. The summed E-state index contributed by atoms with van der Waals surface area (Å²) in [5.74, 6) is 0.216. The minimum absolute atomic E-state index is 0.216. The summed E-state index contributed by atoms with van der Waals surface area (Å²) in [4.78, 5) is 17.2. The summed E-state index contributed by atoms with van der Waals surface area (Å²) >= 11 is 0. The number of likely N-dealkylation sites (tertiary alicyclic amines) is 1. The van der Waals surface area contributed by atoms with Gasteiger partial charge in [-0.2, -0.15) is 0 Å². The molecular weight excluding hydrogens is 252 g/mol. The van der Waals surface area contributed by atoms with E-state index in [1.54, 1.807) is 0 Å². The Balaban J connectivity index is 1.51. The van der Waals surface area contributed by atoms with Crippen molar-refractivity contribution in [3.05, 3.63) is 0 Å². The van der Waals surface area contributed by atoms with Crippen LogP contribution in [0.4, 0.5) is 0 Å². The molecule has 2 saturated heterocycles. The van der Waals surface area contributed by atoms with E-state index in [4.69, 9.17) is 5.73 Å². The highest BCUT2D eigenvalue weighted by Crippen LogP contribution is 2.30. The monoisotopic (exact) mass is 280 g/mol. The number of hydrogen-bond donors (Lipinski definition) is 2. The van der Waals surface area contributed by atoms with Gasteiger partial charge in [-0.15, -0.1) is 0 Å². The number of amides is 1. The average molecular weight is 280 g/mol. The number of carbonyl (C=O) groups is 1. The molecule has 5 nitrogen and oxygen atoms in total. The third kappa shape index (κ3) is 2.85. The van der Waals surface area contributed by atoms with Crippen LogP contribution in [0, 0.1) is 0 Å². The van der Waals surface area contributed by atoms with E-state index in [9.17, 15) is 4.79 Å². The number of piperidine rings is 1. The SMILES string of the molecule is NC1(C(=O)N2CCC(N3CCNCC3)CC2)CCCC1. The Kier molecular flexibility index (Phi) is 4.29. The first kappa shape index (κ1) is 14.3. The Morgan fingerprint density at radius 1 is 1.05 bits per heavy atom. The lowest BCUT2D eigenvalue weighted by molar-refractivity contribution is -0.138. The topological polar surface area (TPSA) is 61.6 Å². The highest BCUT2D eigenvalue weighted by atomic mass is 16.2. The van der Waals surface area contributed by atoms with Crippen LogP contribution >= 0.6 is 0 Å². The Hall–Kier alpha value is -0.650. The molecule has 0 unspecified atom stereocenters. The van der Waals surface area contributed by atoms with Crippen molar-refractivity contribution in [2.45, 2.75) is 50.1 Å². The quantitative estimate of drug-likeness (QED) is 0.756.